The molecule has 0 spiro atoms. The average molecular weight is 248 g/mol. The zero-order valence-corrected chi connectivity index (χ0v) is 9.97. The lowest BCUT2D eigenvalue weighted by molar-refractivity contribution is -0.181. The number of furan rings is 1. The number of alkyl halides is 3. The monoisotopic (exact) mass is 248 g/mol. The minimum Gasteiger partial charge on any atom is -0.468 e. The fraction of sp³-hybridized carbons (Fsp3) is 0.667. The lowest BCUT2D eigenvalue weighted by Gasteiger charge is -2.24. The van der Waals surface area contributed by atoms with Crippen LogP contribution >= 0.6 is 0 Å². The van der Waals surface area contributed by atoms with Crippen molar-refractivity contribution >= 4 is 0 Å². The molecule has 1 aliphatic rings. The fourth-order valence-corrected chi connectivity index (χ4v) is 2.03. The molecule has 0 amide bonds. The van der Waals surface area contributed by atoms with E-state index in [-0.39, 0.29) is 12.2 Å². The Labute approximate surface area is 97.7 Å². The van der Waals surface area contributed by atoms with Gasteiger partial charge < -0.3 is 9.15 Å². The molecule has 1 heterocycles. The van der Waals surface area contributed by atoms with Gasteiger partial charge in [-0.05, 0) is 39.3 Å². The molecule has 0 radical (unpaired) electrons. The normalized spacial score (nSPS) is 29.4. The number of ether oxygens (including phenoxy) is 1. The minimum absolute atomic E-state index is 0.0562. The van der Waals surface area contributed by atoms with Crippen molar-refractivity contribution < 1.29 is 22.3 Å². The van der Waals surface area contributed by atoms with Crippen LogP contribution in [0, 0.1) is 0 Å². The van der Waals surface area contributed by atoms with E-state index < -0.39 is 23.3 Å². The van der Waals surface area contributed by atoms with E-state index in [4.69, 9.17) is 9.15 Å². The zero-order chi connectivity index (χ0) is 12.9. The second-order valence-corrected chi connectivity index (χ2v) is 5.37. The van der Waals surface area contributed by atoms with Crippen molar-refractivity contribution in [3.63, 3.8) is 0 Å². The maximum absolute atomic E-state index is 13.1. The SMILES string of the molecule is CC(C)(C)O[C@@H]1C[C@@]1(c1ccco1)C(F)(F)F. The van der Waals surface area contributed by atoms with Crippen LogP contribution < -0.4 is 0 Å². The molecule has 1 saturated carbocycles. The van der Waals surface area contributed by atoms with Crippen LogP contribution in [-0.2, 0) is 10.2 Å². The Hall–Kier alpha value is -0.970. The number of hydrogen-bond acceptors (Lipinski definition) is 2. The largest absolute Gasteiger partial charge is 0.468 e. The molecule has 0 aliphatic heterocycles. The average Bonchev–Trinajstić information content (AvgIpc) is 2.60. The second-order valence-electron chi connectivity index (χ2n) is 5.37. The summed E-state index contributed by atoms with van der Waals surface area (Å²) in [6.07, 6.45) is -4.01. The highest BCUT2D eigenvalue weighted by molar-refractivity contribution is 5.31. The summed E-state index contributed by atoms with van der Waals surface area (Å²) in [4.78, 5) is 0. The first kappa shape index (κ1) is 12.5. The summed E-state index contributed by atoms with van der Waals surface area (Å²) in [5.41, 5.74) is -2.55. The van der Waals surface area contributed by atoms with Gasteiger partial charge in [-0.1, -0.05) is 0 Å². The van der Waals surface area contributed by atoms with Crippen LogP contribution in [0.5, 0.6) is 0 Å². The van der Waals surface area contributed by atoms with Crippen molar-refractivity contribution in [2.24, 2.45) is 0 Å². The summed E-state index contributed by atoms with van der Waals surface area (Å²) < 4.78 is 49.8. The van der Waals surface area contributed by atoms with Crippen molar-refractivity contribution in [2.45, 2.75) is 50.5 Å². The van der Waals surface area contributed by atoms with E-state index in [0.717, 1.165) is 0 Å². The summed E-state index contributed by atoms with van der Waals surface area (Å²) in [6, 6.07) is 2.83. The van der Waals surface area contributed by atoms with Gasteiger partial charge in [-0.25, -0.2) is 0 Å². The molecule has 2 nitrogen and oxygen atoms in total. The minimum atomic E-state index is -4.35. The standard InChI is InChI=1S/C12H15F3O2/c1-10(2,3)17-9-7-11(9,12(13,14)15)8-5-4-6-16-8/h4-6,9H,7H2,1-3H3/t9-,11+/m1/s1. The van der Waals surface area contributed by atoms with Gasteiger partial charge in [-0.3, -0.25) is 0 Å². The van der Waals surface area contributed by atoms with E-state index in [1.54, 1.807) is 20.8 Å². The highest BCUT2D eigenvalue weighted by atomic mass is 19.4. The predicted molar refractivity (Wildman–Crippen MR) is 55.7 cm³/mol. The maximum atomic E-state index is 13.1. The molecule has 1 aliphatic carbocycles. The molecule has 5 heteroatoms. The molecule has 17 heavy (non-hydrogen) atoms. The van der Waals surface area contributed by atoms with Crippen molar-refractivity contribution in [1.29, 1.82) is 0 Å². The molecule has 2 atom stereocenters. The first-order valence-electron chi connectivity index (χ1n) is 5.45. The van der Waals surface area contributed by atoms with Gasteiger partial charge in [-0.15, -0.1) is 0 Å². The van der Waals surface area contributed by atoms with Gasteiger partial charge in [0.1, 0.15) is 5.76 Å². The van der Waals surface area contributed by atoms with Gasteiger partial charge in [0.2, 0.25) is 0 Å². The predicted octanol–water partition coefficient (Wildman–Crippen LogP) is 3.67. The second kappa shape index (κ2) is 3.51. The number of rotatable bonds is 2. The van der Waals surface area contributed by atoms with Crippen LogP contribution in [0.15, 0.2) is 22.8 Å². The van der Waals surface area contributed by atoms with Gasteiger partial charge in [0.25, 0.3) is 0 Å². The highest BCUT2D eigenvalue weighted by Crippen LogP contribution is 2.61. The molecule has 0 unspecified atom stereocenters. The molecule has 2 rings (SSSR count). The van der Waals surface area contributed by atoms with Crippen LogP contribution in [0.4, 0.5) is 13.2 Å². The Morgan fingerprint density at radius 3 is 2.41 bits per heavy atom. The third kappa shape index (κ3) is 2.08. The van der Waals surface area contributed by atoms with E-state index in [9.17, 15) is 13.2 Å². The molecule has 1 fully saturated rings. The summed E-state index contributed by atoms with van der Waals surface area (Å²) in [5, 5.41) is 0. The molecule has 1 aromatic heterocycles. The molecule has 96 valence electrons. The topological polar surface area (TPSA) is 22.4 Å². The van der Waals surface area contributed by atoms with E-state index in [0.29, 0.717) is 0 Å². The van der Waals surface area contributed by atoms with E-state index in [1.165, 1.54) is 18.4 Å². The van der Waals surface area contributed by atoms with Crippen LogP contribution in [0.3, 0.4) is 0 Å². The maximum Gasteiger partial charge on any atom is 0.404 e. The van der Waals surface area contributed by atoms with Crippen LogP contribution in [0.1, 0.15) is 33.0 Å². The van der Waals surface area contributed by atoms with E-state index in [1.807, 2.05) is 0 Å². The number of hydrogen-bond donors (Lipinski definition) is 0. The number of halogens is 3. The highest BCUT2D eigenvalue weighted by Gasteiger charge is 2.75. The molecule has 0 bridgehead atoms. The Bertz CT molecular complexity index is 389. The Morgan fingerprint density at radius 2 is 2.00 bits per heavy atom. The third-order valence-electron chi connectivity index (χ3n) is 2.86. The lowest BCUT2D eigenvalue weighted by atomic mass is 10.0. The van der Waals surface area contributed by atoms with Gasteiger partial charge in [0.05, 0.1) is 18.0 Å². The lowest BCUT2D eigenvalue weighted by Crippen LogP contribution is -2.35. The van der Waals surface area contributed by atoms with Crippen LogP contribution in [0.2, 0.25) is 0 Å². The van der Waals surface area contributed by atoms with Crippen molar-refractivity contribution in [2.75, 3.05) is 0 Å². The Morgan fingerprint density at radius 1 is 1.35 bits per heavy atom. The summed E-state index contributed by atoms with van der Waals surface area (Å²) in [6.45, 7) is 5.23. The van der Waals surface area contributed by atoms with Gasteiger partial charge in [-0.2, -0.15) is 13.2 Å². The van der Waals surface area contributed by atoms with Crippen molar-refractivity contribution in [1.82, 2.24) is 0 Å². The van der Waals surface area contributed by atoms with E-state index >= 15 is 0 Å². The summed E-state index contributed by atoms with van der Waals surface area (Å²) >= 11 is 0. The van der Waals surface area contributed by atoms with Crippen molar-refractivity contribution in [3.05, 3.63) is 24.2 Å². The molecule has 0 N–H and O–H groups in total. The summed E-state index contributed by atoms with van der Waals surface area (Å²) in [5.74, 6) is -0.0562. The third-order valence-corrected chi connectivity index (χ3v) is 2.86. The van der Waals surface area contributed by atoms with Crippen molar-refractivity contribution in [3.8, 4) is 0 Å². The van der Waals surface area contributed by atoms with Gasteiger partial charge >= 0.3 is 6.18 Å². The fourth-order valence-electron chi connectivity index (χ4n) is 2.03. The summed E-state index contributed by atoms with van der Waals surface area (Å²) in [7, 11) is 0. The van der Waals surface area contributed by atoms with E-state index in [2.05, 4.69) is 0 Å². The Kier molecular flexibility index (Phi) is 2.58. The molecular formula is C12H15F3O2. The zero-order valence-electron chi connectivity index (χ0n) is 9.97. The van der Waals surface area contributed by atoms with Gasteiger partial charge in [0, 0.05) is 0 Å². The smallest absolute Gasteiger partial charge is 0.404 e. The molecule has 0 saturated heterocycles. The first-order valence-corrected chi connectivity index (χ1v) is 5.45. The van der Waals surface area contributed by atoms with Gasteiger partial charge in [0.15, 0.2) is 5.41 Å². The molecule has 0 aromatic carbocycles. The molecular weight excluding hydrogens is 233 g/mol. The Balaban J connectivity index is 2.26. The first-order chi connectivity index (χ1) is 7.67. The van der Waals surface area contributed by atoms with Crippen LogP contribution in [-0.4, -0.2) is 17.9 Å². The quantitative estimate of drug-likeness (QED) is 0.796. The van der Waals surface area contributed by atoms with Crippen LogP contribution in [0.25, 0.3) is 0 Å². The molecule has 1 aromatic rings.